The third kappa shape index (κ3) is 3.30. The molecule has 1 aliphatic heterocycles. The van der Waals surface area contributed by atoms with Crippen molar-refractivity contribution in [2.75, 3.05) is 6.54 Å². The van der Waals surface area contributed by atoms with Crippen LogP contribution < -0.4 is 0 Å². The Balaban J connectivity index is 1.87. The molecule has 1 aromatic rings. The number of piperidine rings is 1. The largest absolute Gasteiger partial charge is 0.340 e. The highest BCUT2D eigenvalue weighted by molar-refractivity contribution is 5.76. The molecule has 1 amide bonds. The zero-order valence-electron chi connectivity index (χ0n) is 11.0. The summed E-state index contributed by atoms with van der Waals surface area (Å²) in [5.74, 6) is 0.102. The van der Waals surface area contributed by atoms with Crippen molar-refractivity contribution >= 4 is 11.6 Å². The van der Waals surface area contributed by atoms with Gasteiger partial charge in [0.05, 0.1) is 4.92 Å². The third-order valence-electron chi connectivity index (χ3n) is 3.51. The van der Waals surface area contributed by atoms with E-state index in [0.29, 0.717) is 19.0 Å². The number of hydrogen-bond acceptors (Lipinski definition) is 4. The molecule has 7 nitrogen and oxygen atoms in total. The van der Waals surface area contributed by atoms with E-state index < -0.39 is 4.92 Å². The molecule has 104 valence electrons. The molecule has 2 heterocycles. The van der Waals surface area contributed by atoms with Gasteiger partial charge in [0.2, 0.25) is 5.91 Å². The van der Waals surface area contributed by atoms with Crippen molar-refractivity contribution < 1.29 is 9.72 Å². The first-order chi connectivity index (χ1) is 9.08. The fraction of sp³-hybridized carbons (Fsp3) is 0.667. The molecular weight excluding hydrogens is 248 g/mol. The topological polar surface area (TPSA) is 81.3 Å². The van der Waals surface area contributed by atoms with Gasteiger partial charge in [-0.15, -0.1) is 0 Å². The lowest BCUT2D eigenvalue weighted by molar-refractivity contribution is -0.385. The van der Waals surface area contributed by atoms with Gasteiger partial charge in [0, 0.05) is 25.6 Å². The van der Waals surface area contributed by atoms with Gasteiger partial charge in [-0.3, -0.25) is 19.6 Å². The van der Waals surface area contributed by atoms with E-state index in [4.69, 9.17) is 0 Å². The maximum atomic E-state index is 12.1. The molecule has 0 bridgehead atoms. The molecule has 1 atom stereocenters. The molecule has 0 aromatic carbocycles. The van der Waals surface area contributed by atoms with Crippen molar-refractivity contribution in [3.63, 3.8) is 0 Å². The number of aryl methyl sites for hydroxylation is 1. The van der Waals surface area contributed by atoms with Gasteiger partial charge in [0.1, 0.15) is 12.4 Å². The number of amides is 1. The molecule has 0 spiro atoms. The summed E-state index contributed by atoms with van der Waals surface area (Å²) in [5, 5.41) is 14.4. The Labute approximate surface area is 111 Å². The molecule has 0 saturated carbocycles. The van der Waals surface area contributed by atoms with Crippen molar-refractivity contribution in [2.45, 2.75) is 45.2 Å². The van der Waals surface area contributed by atoms with E-state index in [2.05, 4.69) is 12.0 Å². The summed E-state index contributed by atoms with van der Waals surface area (Å²) in [5.41, 5.74) is -0.0428. The van der Waals surface area contributed by atoms with Gasteiger partial charge in [-0.1, -0.05) is 0 Å². The van der Waals surface area contributed by atoms with Crippen LogP contribution in [0.5, 0.6) is 0 Å². The summed E-state index contributed by atoms with van der Waals surface area (Å²) in [6.45, 7) is 3.27. The predicted octanol–water partition coefficient (Wildman–Crippen LogP) is 1.58. The number of likely N-dealkylation sites (tertiary alicyclic amines) is 1. The molecule has 2 rings (SSSR count). The second-order valence-corrected chi connectivity index (χ2v) is 4.90. The molecule has 7 heteroatoms. The predicted molar refractivity (Wildman–Crippen MR) is 68.5 cm³/mol. The van der Waals surface area contributed by atoms with Crippen molar-refractivity contribution in [2.24, 2.45) is 0 Å². The highest BCUT2D eigenvalue weighted by atomic mass is 16.6. The SMILES string of the molecule is C[C@@H]1CCCCN1C(=O)CCn1cc([N+](=O)[O-])cn1. The molecular formula is C12H18N4O3. The van der Waals surface area contributed by atoms with Crippen molar-refractivity contribution in [3.8, 4) is 0 Å². The van der Waals surface area contributed by atoms with E-state index in [1.165, 1.54) is 23.5 Å². The normalized spacial score (nSPS) is 19.4. The molecule has 0 N–H and O–H groups in total. The minimum Gasteiger partial charge on any atom is -0.340 e. The Kier molecular flexibility index (Phi) is 4.13. The van der Waals surface area contributed by atoms with E-state index in [9.17, 15) is 14.9 Å². The molecule has 19 heavy (non-hydrogen) atoms. The molecule has 1 fully saturated rings. The number of aromatic nitrogens is 2. The number of nitrogens with zero attached hydrogens (tertiary/aromatic N) is 4. The summed E-state index contributed by atoms with van der Waals surface area (Å²) >= 11 is 0. The van der Waals surface area contributed by atoms with Gasteiger partial charge < -0.3 is 4.90 Å². The minimum absolute atomic E-state index is 0.0428. The zero-order valence-corrected chi connectivity index (χ0v) is 11.0. The highest BCUT2D eigenvalue weighted by Crippen LogP contribution is 2.17. The van der Waals surface area contributed by atoms with Gasteiger partial charge in [0.15, 0.2) is 0 Å². The maximum Gasteiger partial charge on any atom is 0.306 e. The second kappa shape index (κ2) is 5.81. The van der Waals surface area contributed by atoms with Gasteiger partial charge in [-0.2, -0.15) is 5.10 Å². The van der Waals surface area contributed by atoms with Crippen molar-refractivity contribution in [1.82, 2.24) is 14.7 Å². The Bertz CT molecular complexity index is 471. The van der Waals surface area contributed by atoms with E-state index in [1.54, 1.807) is 0 Å². The average Bonchev–Trinajstić information content (AvgIpc) is 2.85. The molecule has 0 unspecified atom stereocenters. The third-order valence-corrected chi connectivity index (χ3v) is 3.51. The van der Waals surface area contributed by atoms with E-state index in [-0.39, 0.29) is 11.6 Å². The summed E-state index contributed by atoms with van der Waals surface area (Å²) in [6, 6.07) is 0.299. The highest BCUT2D eigenvalue weighted by Gasteiger charge is 2.22. The fourth-order valence-corrected chi connectivity index (χ4v) is 2.39. The van der Waals surface area contributed by atoms with E-state index >= 15 is 0 Å². The number of carbonyl (C=O) groups is 1. The minimum atomic E-state index is -0.488. The van der Waals surface area contributed by atoms with Crippen molar-refractivity contribution in [1.29, 1.82) is 0 Å². The molecule has 1 saturated heterocycles. The maximum absolute atomic E-state index is 12.1. The standard InChI is InChI=1S/C12H18N4O3/c1-10-4-2-3-6-15(10)12(17)5-7-14-9-11(8-13-14)16(18)19/h8-10H,2-7H2,1H3/t10-/m1/s1. The van der Waals surface area contributed by atoms with Crippen LogP contribution in [0.15, 0.2) is 12.4 Å². The second-order valence-electron chi connectivity index (χ2n) is 4.90. The molecule has 0 radical (unpaired) electrons. The Morgan fingerprint density at radius 2 is 2.37 bits per heavy atom. The monoisotopic (exact) mass is 266 g/mol. The average molecular weight is 266 g/mol. The first-order valence-electron chi connectivity index (χ1n) is 6.54. The van der Waals surface area contributed by atoms with Crippen LogP contribution in [0.3, 0.4) is 0 Å². The van der Waals surface area contributed by atoms with Gasteiger partial charge in [-0.05, 0) is 26.2 Å². The smallest absolute Gasteiger partial charge is 0.306 e. The van der Waals surface area contributed by atoms with Crippen molar-refractivity contribution in [3.05, 3.63) is 22.5 Å². The van der Waals surface area contributed by atoms with E-state index in [0.717, 1.165) is 19.4 Å². The number of hydrogen-bond donors (Lipinski definition) is 0. The number of carbonyl (C=O) groups excluding carboxylic acids is 1. The first kappa shape index (κ1) is 13.5. The first-order valence-corrected chi connectivity index (χ1v) is 6.54. The van der Waals surface area contributed by atoms with Gasteiger partial charge >= 0.3 is 5.69 Å². The Morgan fingerprint density at radius 1 is 1.58 bits per heavy atom. The van der Waals surface area contributed by atoms with Crippen LogP contribution in [0, 0.1) is 10.1 Å². The quantitative estimate of drug-likeness (QED) is 0.612. The van der Waals surface area contributed by atoms with Gasteiger partial charge in [0.25, 0.3) is 0 Å². The lowest BCUT2D eigenvalue weighted by Crippen LogP contribution is -2.42. The number of rotatable bonds is 4. The lowest BCUT2D eigenvalue weighted by atomic mass is 10.0. The molecule has 1 aliphatic rings. The van der Waals surface area contributed by atoms with Crippen LogP contribution in [-0.4, -0.2) is 38.1 Å². The van der Waals surface area contributed by atoms with Crippen LogP contribution >= 0.6 is 0 Å². The van der Waals surface area contributed by atoms with Crippen LogP contribution in [0.1, 0.15) is 32.6 Å². The van der Waals surface area contributed by atoms with Crippen LogP contribution in [0.25, 0.3) is 0 Å². The van der Waals surface area contributed by atoms with E-state index in [1.807, 2.05) is 4.90 Å². The summed E-state index contributed by atoms with van der Waals surface area (Å²) < 4.78 is 1.45. The van der Waals surface area contributed by atoms with Crippen LogP contribution in [0.2, 0.25) is 0 Å². The lowest BCUT2D eigenvalue weighted by Gasteiger charge is -2.33. The number of nitro groups is 1. The van der Waals surface area contributed by atoms with Crippen LogP contribution in [-0.2, 0) is 11.3 Å². The fourth-order valence-electron chi connectivity index (χ4n) is 2.39. The summed E-state index contributed by atoms with van der Waals surface area (Å²) in [4.78, 5) is 24.0. The summed E-state index contributed by atoms with van der Waals surface area (Å²) in [6.07, 6.45) is 6.18. The Morgan fingerprint density at radius 3 is 3.00 bits per heavy atom. The molecule has 0 aliphatic carbocycles. The zero-order chi connectivity index (χ0) is 13.8. The molecule has 1 aromatic heterocycles. The Hall–Kier alpha value is -1.92. The van der Waals surface area contributed by atoms with Gasteiger partial charge in [-0.25, -0.2) is 0 Å². The summed E-state index contributed by atoms with van der Waals surface area (Å²) in [7, 11) is 0. The van der Waals surface area contributed by atoms with Crippen LogP contribution in [0.4, 0.5) is 5.69 Å².